The molecule has 1 aromatic heterocycles. The Morgan fingerprint density at radius 2 is 1.87 bits per heavy atom. The molecule has 2 heterocycles. The second-order valence-corrected chi connectivity index (χ2v) is 9.64. The van der Waals surface area contributed by atoms with Crippen LogP contribution in [0, 0.1) is 11.3 Å². The number of ether oxygens (including phenoxy) is 3. The summed E-state index contributed by atoms with van der Waals surface area (Å²) >= 11 is 1.33. The molecule has 1 amide bonds. The van der Waals surface area contributed by atoms with E-state index >= 15 is 0 Å². The number of fused-ring (bicyclic) bond motifs is 1. The standard InChI is InChI=1S/C30H26N4O4S/c1-36-23-10-8-22(9-11-23)33-30-34(15-13-21-19-32-25-6-4-3-5-24(21)25)29(35)28(39-30)18-20-7-12-26(38-16-14-31)27(17-20)37-2/h3-12,17-19,32H,13,15-16H2,1-2H3/b28-18-,33-30?. The Bertz CT molecular complexity index is 1600. The summed E-state index contributed by atoms with van der Waals surface area (Å²) in [4.78, 5) is 24.0. The Hall–Kier alpha value is -4.68. The van der Waals surface area contributed by atoms with Gasteiger partial charge < -0.3 is 19.2 Å². The summed E-state index contributed by atoms with van der Waals surface area (Å²) in [6.45, 7) is 0.395. The number of carbonyl (C=O) groups is 1. The summed E-state index contributed by atoms with van der Waals surface area (Å²) in [5, 5.41) is 10.6. The SMILES string of the molecule is COc1ccc(N=C2S/C(=C\c3ccc(OCC#N)c(OC)c3)C(=O)N2CCc2c[nH]c3ccccc23)cc1. The van der Waals surface area contributed by atoms with Gasteiger partial charge in [0.05, 0.1) is 24.8 Å². The minimum atomic E-state index is -0.115. The van der Waals surface area contributed by atoms with Gasteiger partial charge in [0.25, 0.3) is 5.91 Å². The zero-order chi connectivity index (χ0) is 27.2. The lowest BCUT2D eigenvalue weighted by molar-refractivity contribution is -0.122. The lowest BCUT2D eigenvalue weighted by atomic mass is 10.1. The Morgan fingerprint density at radius 3 is 2.64 bits per heavy atom. The zero-order valence-corrected chi connectivity index (χ0v) is 22.3. The van der Waals surface area contributed by atoms with Crippen LogP contribution in [0.25, 0.3) is 17.0 Å². The van der Waals surface area contributed by atoms with Crippen molar-refractivity contribution in [2.45, 2.75) is 6.42 Å². The molecule has 0 bridgehead atoms. The van der Waals surface area contributed by atoms with E-state index in [1.54, 1.807) is 24.1 Å². The van der Waals surface area contributed by atoms with Gasteiger partial charge in [-0.2, -0.15) is 5.26 Å². The van der Waals surface area contributed by atoms with E-state index < -0.39 is 0 Å². The highest BCUT2D eigenvalue weighted by molar-refractivity contribution is 8.18. The molecule has 3 aromatic carbocycles. The largest absolute Gasteiger partial charge is 0.497 e. The second-order valence-electron chi connectivity index (χ2n) is 8.63. The fourth-order valence-corrected chi connectivity index (χ4v) is 5.31. The Kier molecular flexibility index (Phi) is 7.85. The Morgan fingerprint density at radius 1 is 1.05 bits per heavy atom. The maximum Gasteiger partial charge on any atom is 0.266 e. The van der Waals surface area contributed by atoms with E-state index in [1.165, 1.54) is 18.9 Å². The topological polar surface area (TPSA) is 99.9 Å². The Labute approximate surface area is 230 Å². The minimum Gasteiger partial charge on any atom is -0.497 e. The van der Waals surface area contributed by atoms with E-state index in [-0.39, 0.29) is 12.5 Å². The van der Waals surface area contributed by atoms with Crippen LogP contribution in [0.1, 0.15) is 11.1 Å². The third-order valence-corrected chi connectivity index (χ3v) is 7.25. The van der Waals surface area contributed by atoms with Crippen molar-refractivity contribution in [1.82, 2.24) is 9.88 Å². The predicted octanol–water partition coefficient (Wildman–Crippen LogP) is 5.93. The number of nitrogens with zero attached hydrogens (tertiary/aromatic N) is 3. The normalized spacial score (nSPS) is 15.2. The van der Waals surface area contributed by atoms with Crippen molar-refractivity contribution in [3.05, 3.63) is 89.0 Å². The lowest BCUT2D eigenvalue weighted by Gasteiger charge is -2.15. The number of thioether (sulfide) groups is 1. The number of aromatic amines is 1. The summed E-state index contributed by atoms with van der Waals surface area (Å²) in [5.74, 6) is 1.57. The molecule has 1 saturated heterocycles. The number of nitriles is 1. The summed E-state index contributed by atoms with van der Waals surface area (Å²) in [6.07, 6.45) is 4.49. The van der Waals surface area contributed by atoms with E-state index in [2.05, 4.69) is 11.1 Å². The van der Waals surface area contributed by atoms with Crippen LogP contribution in [-0.2, 0) is 11.2 Å². The molecule has 0 radical (unpaired) electrons. The van der Waals surface area contributed by atoms with Gasteiger partial charge in [-0.05, 0) is 77.9 Å². The molecule has 1 aliphatic rings. The van der Waals surface area contributed by atoms with Crippen molar-refractivity contribution in [3.8, 4) is 23.3 Å². The number of amides is 1. The summed E-state index contributed by atoms with van der Waals surface area (Å²) in [5.41, 5.74) is 3.71. The van der Waals surface area contributed by atoms with Gasteiger partial charge >= 0.3 is 0 Å². The quantitative estimate of drug-likeness (QED) is 0.265. The molecule has 9 heteroatoms. The predicted molar refractivity (Wildman–Crippen MR) is 153 cm³/mol. The molecule has 39 heavy (non-hydrogen) atoms. The number of amidine groups is 1. The summed E-state index contributed by atoms with van der Waals surface area (Å²) < 4.78 is 16.1. The molecule has 1 N–H and O–H groups in total. The van der Waals surface area contributed by atoms with Crippen LogP contribution in [0.4, 0.5) is 5.69 Å². The number of benzene rings is 3. The molecule has 0 spiro atoms. The first-order valence-electron chi connectivity index (χ1n) is 12.3. The smallest absolute Gasteiger partial charge is 0.266 e. The molecular formula is C30H26N4O4S. The fourth-order valence-electron chi connectivity index (χ4n) is 4.28. The zero-order valence-electron chi connectivity index (χ0n) is 21.5. The van der Waals surface area contributed by atoms with Crippen LogP contribution in [0.5, 0.6) is 17.2 Å². The lowest BCUT2D eigenvalue weighted by Crippen LogP contribution is -2.31. The molecule has 0 unspecified atom stereocenters. The van der Waals surface area contributed by atoms with E-state index in [1.807, 2.05) is 66.9 Å². The van der Waals surface area contributed by atoms with Crippen LogP contribution >= 0.6 is 11.8 Å². The number of hydrogen-bond donors (Lipinski definition) is 1. The molecule has 0 saturated carbocycles. The van der Waals surface area contributed by atoms with Crippen LogP contribution in [0.3, 0.4) is 0 Å². The summed E-state index contributed by atoms with van der Waals surface area (Å²) in [6, 6.07) is 22.8. The first-order valence-corrected chi connectivity index (χ1v) is 13.1. The van der Waals surface area contributed by atoms with Gasteiger partial charge in [-0.3, -0.25) is 9.69 Å². The monoisotopic (exact) mass is 538 g/mol. The molecule has 4 aromatic rings. The van der Waals surface area contributed by atoms with Crippen molar-refractivity contribution in [2.24, 2.45) is 4.99 Å². The minimum absolute atomic E-state index is 0.0816. The van der Waals surface area contributed by atoms with E-state index in [9.17, 15) is 4.79 Å². The molecule has 196 valence electrons. The molecule has 8 nitrogen and oxygen atoms in total. The van der Waals surface area contributed by atoms with Gasteiger partial charge in [-0.15, -0.1) is 0 Å². The van der Waals surface area contributed by atoms with Crippen molar-refractivity contribution >= 4 is 45.5 Å². The number of methoxy groups -OCH3 is 2. The maximum atomic E-state index is 13.6. The van der Waals surface area contributed by atoms with Crippen molar-refractivity contribution < 1.29 is 19.0 Å². The van der Waals surface area contributed by atoms with Gasteiger partial charge in [0.15, 0.2) is 23.3 Å². The maximum absolute atomic E-state index is 13.6. The number of nitrogens with one attached hydrogen (secondary N) is 1. The third-order valence-electron chi connectivity index (χ3n) is 6.24. The van der Waals surface area contributed by atoms with Gasteiger partial charge in [0.1, 0.15) is 11.8 Å². The summed E-state index contributed by atoms with van der Waals surface area (Å²) in [7, 11) is 3.15. The molecule has 5 rings (SSSR count). The molecule has 0 atom stereocenters. The third kappa shape index (κ3) is 5.76. The van der Waals surface area contributed by atoms with Gasteiger partial charge in [0, 0.05) is 23.6 Å². The van der Waals surface area contributed by atoms with E-state index in [0.29, 0.717) is 34.5 Å². The number of H-pyrrole nitrogens is 1. The van der Waals surface area contributed by atoms with E-state index in [0.717, 1.165) is 33.5 Å². The highest BCUT2D eigenvalue weighted by Crippen LogP contribution is 2.36. The Balaban J connectivity index is 1.44. The second kappa shape index (κ2) is 11.8. The average Bonchev–Trinajstić information content (AvgIpc) is 3.51. The van der Waals surface area contributed by atoms with Gasteiger partial charge in [0.2, 0.25) is 0 Å². The number of carbonyl (C=O) groups excluding carboxylic acids is 1. The van der Waals surface area contributed by atoms with Gasteiger partial charge in [-0.25, -0.2) is 4.99 Å². The molecule has 0 aliphatic carbocycles. The van der Waals surface area contributed by atoms with E-state index in [4.69, 9.17) is 24.5 Å². The number of aromatic nitrogens is 1. The molecule has 1 aliphatic heterocycles. The average molecular weight is 539 g/mol. The number of aliphatic imine (C=N–C) groups is 1. The van der Waals surface area contributed by atoms with Gasteiger partial charge in [-0.1, -0.05) is 24.3 Å². The van der Waals surface area contributed by atoms with Crippen LogP contribution in [0.2, 0.25) is 0 Å². The fraction of sp³-hybridized carbons (Fsp3) is 0.167. The first-order chi connectivity index (χ1) is 19.1. The first kappa shape index (κ1) is 25.9. The van der Waals surface area contributed by atoms with Crippen molar-refractivity contribution in [3.63, 3.8) is 0 Å². The van der Waals surface area contributed by atoms with Crippen molar-refractivity contribution in [2.75, 3.05) is 27.4 Å². The number of rotatable bonds is 9. The number of para-hydroxylation sites is 1. The van der Waals surface area contributed by atoms with Crippen molar-refractivity contribution in [1.29, 1.82) is 5.26 Å². The molecule has 1 fully saturated rings. The van der Waals surface area contributed by atoms with Crippen LogP contribution in [0.15, 0.2) is 82.8 Å². The highest BCUT2D eigenvalue weighted by atomic mass is 32.2. The number of hydrogen-bond acceptors (Lipinski definition) is 7. The highest BCUT2D eigenvalue weighted by Gasteiger charge is 2.33. The van der Waals surface area contributed by atoms with Crippen LogP contribution in [-0.4, -0.2) is 48.3 Å². The van der Waals surface area contributed by atoms with Crippen LogP contribution < -0.4 is 14.2 Å². The molecular weight excluding hydrogens is 512 g/mol.